The minimum atomic E-state index is -0.408. The van der Waals surface area contributed by atoms with E-state index in [-0.39, 0.29) is 58.1 Å². The van der Waals surface area contributed by atoms with Gasteiger partial charge in [-0.3, -0.25) is 24.1 Å². The maximum Gasteiger partial charge on any atom is 0.305 e. The third-order valence-corrected chi connectivity index (χ3v) is 12.4. The first-order valence-corrected chi connectivity index (χ1v) is 17.3. The molecule has 2 N–H and O–H groups in total. The summed E-state index contributed by atoms with van der Waals surface area (Å²) in [6, 6.07) is 20.2. The molecule has 1 saturated heterocycles. The lowest BCUT2D eigenvalue weighted by Crippen LogP contribution is -2.42. The number of halogens is 1. The van der Waals surface area contributed by atoms with Crippen molar-refractivity contribution in [2.75, 3.05) is 23.4 Å². The highest BCUT2D eigenvalue weighted by atomic mass is 32.2. The molecule has 3 heterocycles. The normalized spacial score (nSPS) is 26.9. The molecule has 2 aliphatic carbocycles. The summed E-state index contributed by atoms with van der Waals surface area (Å²) >= 11 is 2.83. The van der Waals surface area contributed by atoms with Crippen LogP contribution in [0.2, 0.25) is 0 Å². The van der Waals surface area contributed by atoms with Gasteiger partial charge in [-0.05, 0) is 85.2 Å². The van der Waals surface area contributed by atoms with Crippen LogP contribution in [0.15, 0.2) is 82.6 Å². The van der Waals surface area contributed by atoms with Crippen molar-refractivity contribution in [1.82, 2.24) is 4.98 Å². The zero-order valence-electron chi connectivity index (χ0n) is 25.2. The molecule has 7 atom stereocenters. The maximum atomic E-state index is 14.0. The van der Waals surface area contributed by atoms with Gasteiger partial charge in [0.05, 0.1) is 29.2 Å². The molecule has 2 aliphatic heterocycles. The first-order chi connectivity index (χ1) is 22.8. The number of aromatic amines is 1. The number of thiazole rings is 1. The predicted molar refractivity (Wildman–Crippen MR) is 176 cm³/mol. The lowest BCUT2D eigenvalue weighted by atomic mass is 9.68. The molecule has 9 nitrogen and oxygen atoms in total. The number of fused-ring (bicyclic) bond motifs is 9. The van der Waals surface area contributed by atoms with Crippen molar-refractivity contribution in [2.24, 2.45) is 29.6 Å². The number of aromatic nitrogens is 1. The minimum Gasteiger partial charge on any atom is -0.490 e. The van der Waals surface area contributed by atoms with Gasteiger partial charge in [0.15, 0.2) is 18.1 Å². The zero-order chi connectivity index (χ0) is 32.4. The van der Waals surface area contributed by atoms with Crippen LogP contribution in [-0.2, 0) is 14.4 Å². The third-order valence-electron chi connectivity index (χ3n) is 9.85. The average molecular weight is 672 g/mol. The van der Waals surface area contributed by atoms with E-state index in [4.69, 9.17) is 9.47 Å². The van der Waals surface area contributed by atoms with Gasteiger partial charge in [-0.25, -0.2) is 4.39 Å². The van der Waals surface area contributed by atoms with Gasteiger partial charge in [0.2, 0.25) is 11.8 Å². The first-order valence-electron chi connectivity index (χ1n) is 15.6. The van der Waals surface area contributed by atoms with E-state index in [1.54, 1.807) is 30.0 Å². The average Bonchev–Trinajstić information content (AvgIpc) is 3.80. The van der Waals surface area contributed by atoms with Crippen LogP contribution in [0.4, 0.5) is 15.8 Å². The van der Waals surface area contributed by atoms with Crippen LogP contribution in [0.1, 0.15) is 29.7 Å². The van der Waals surface area contributed by atoms with E-state index in [1.165, 1.54) is 40.5 Å². The van der Waals surface area contributed by atoms with E-state index in [0.29, 0.717) is 29.5 Å². The molecule has 3 fully saturated rings. The van der Waals surface area contributed by atoms with Crippen LogP contribution >= 0.6 is 23.1 Å². The lowest BCUT2D eigenvalue weighted by molar-refractivity contribution is -0.123. The summed E-state index contributed by atoms with van der Waals surface area (Å²) in [6.45, 7) is 1.93. The Morgan fingerprint density at radius 1 is 0.957 bits per heavy atom. The largest absolute Gasteiger partial charge is 0.490 e. The van der Waals surface area contributed by atoms with E-state index < -0.39 is 17.6 Å². The van der Waals surface area contributed by atoms with E-state index in [9.17, 15) is 23.6 Å². The summed E-state index contributed by atoms with van der Waals surface area (Å²) in [5.41, 5.74) is 1.98. The molecule has 3 amide bonds. The van der Waals surface area contributed by atoms with Gasteiger partial charge in [0.1, 0.15) is 5.82 Å². The number of H-pyrrole nitrogens is 1. The molecular weight excluding hydrogens is 642 g/mol. The summed E-state index contributed by atoms with van der Waals surface area (Å²) < 4.78 is 25.1. The Bertz CT molecular complexity index is 1950. The smallest absolute Gasteiger partial charge is 0.305 e. The number of anilines is 2. The molecular formula is C35H30FN3O6S2. The molecule has 3 aromatic carbocycles. The second-order valence-electron chi connectivity index (χ2n) is 12.3. The van der Waals surface area contributed by atoms with Crippen molar-refractivity contribution in [3.05, 3.63) is 98.7 Å². The molecule has 47 heavy (non-hydrogen) atoms. The quantitative estimate of drug-likeness (QED) is 0.232. The monoisotopic (exact) mass is 671 g/mol. The number of benzene rings is 3. The van der Waals surface area contributed by atoms with Gasteiger partial charge in [0.25, 0.3) is 5.91 Å². The van der Waals surface area contributed by atoms with Crippen molar-refractivity contribution in [1.29, 1.82) is 0 Å². The number of rotatable bonds is 8. The molecule has 4 aliphatic rings. The zero-order valence-corrected chi connectivity index (χ0v) is 26.8. The van der Waals surface area contributed by atoms with Crippen molar-refractivity contribution in [3.63, 3.8) is 0 Å². The van der Waals surface area contributed by atoms with Crippen molar-refractivity contribution in [2.45, 2.75) is 29.5 Å². The van der Waals surface area contributed by atoms with Crippen LogP contribution in [0.5, 0.6) is 11.5 Å². The molecule has 4 unspecified atom stereocenters. The van der Waals surface area contributed by atoms with Crippen LogP contribution in [0.25, 0.3) is 0 Å². The topological polar surface area (TPSA) is 118 Å². The van der Waals surface area contributed by atoms with Crippen LogP contribution in [0.3, 0.4) is 0 Å². The summed E-state index contributed by atoms with van der Waals surface area (Å²) in [4.78, 5) is 58.2. The minimum absolute atomic E-state index is 0.0119. The van der Waals surface area contributed by atoms with Gasteiger partial charge in [-0.15, -0.1) is 11.8 Å². The summed E-state index contributed by atoms with van der Waals surface area (Å²) in [5, 5.41) is 3.56. The second kappa shape index (κ2) is 11.7. The Kier molecular flexibility index (Phi) is 7.44. The lowest BCUT2D eigenvalue weighted by Gasteiger charge is -2.43. The molecule has 2 saturated carbocycles. The van der Waals surface area contributed by atoms with Crippen LogP contribution in [0, 0.1) is 35.4 Å². The highest BCUT2D eigenvalue weighted by Crippen LogP contribution is 2.68. The number of ether oxygens (including phenoxy) is 2. The Balaban J connectivity index is 1.10. The molecule has 4 aromatic rings. The molecule has 240 valence electrons. The second-order valence-corrected chi connectivity index (χ2v) is 14.5. The Morgan fingerprint density at radius 2 is 1.70 bits per heavy atom. The number of hydrogen-bond acceptors (Lipinski definition) is 8. The summed E-state index contributed by atoms with van der Waals surface area (Å²) in [5.74, 6) is -1.16. The van der Waals surface area contributed by atoms with Gasteiger partial charge < -0.3 is 19.8 Å². The molecule has 2 bridgehead atoms. The van der Waals surface area contributed by atoms with Gasteiger partial charge in [-0.2, -0.15) is 0 Å². The van der Waals surface area contributed by atoms with E-state index in [0.717, 1.165) is 21.9 Å². The number of carbonyl (C=O) groups is 3. The molecule has 0 radical (unpaired) electrons. The van der Waals surface area contributed by atoms with Crippen molar-refractivity contribution >= 4 is 52.2 Å². The number of carbonyl (C=O) groups excluding carboxylic acids is 3. The van der Waals surface area contributed by atoms with Crippen LogP contribution < -0.4 is 24.6 Å². The predicted octanol–water partition coefficient (Wildman–Crippen LogP) is 5.67. The van der Waals surface area contributed by atoms with Gasteiger partial charge >= 0.3 is 4.87 Å². The Morgan fingerprint density at radius 3 is 2.45 bits per heavy atom. The number of nitrogens with zero attached hydrogens (tertiary/aromatic N) is 1. The first kappa shape index (κ1) is 29.9. The van der Waals surface area contributed by atoms with Crippen molar-refractivity contribution < 1.29 is 28.2 Å². The van der Waals surface area contributed by atoms with Gasteiger partial charge in [-0.1, -0.05) is 35.6 Å². The fourth-order valence-electron chi connectivity index (χ4n) is 8.20. The van der Waals surface area contributed by atoms with Crippen molar-refractivity contribution in [3.8, 4) is 11.5 Å². The molecule has 0 spiro atoms. The highest BCUT2D eigenvalue weighted by molar-refractivity contribution is 8.00. The number of amides is 3. The van der Waals surface area contributed by atoms with E-state index >= 15 is 0 Å². The van der Waals surface area contributed by atoms with E-state index in [2.05, 4.69) is 10.3 Å². The summed E-state index contributed by atoms with van der Waals surface area (Å²) in [6.07, 6.45) is 0.788. The number of nitrogens with one attached hydrogen (secondary N) is 2. The number of thioether (sulfide) groups is 1. The van der Waals surface area contributed by atoms with E-state index in [1.807, 2.05) is 37.3 Å². The molecule has 8 rings (SSSR count). The number of hydrogen-bond donors (Lipinski definition) is 2. The fourth-order valence-corrected chi connectivity index (χ4v) is 11.1. The standard InChI is InChI=1S/C35H30FN3O6S2/c1-2-44-24-14-17(8-13-23(24)45-16-25(40)37-19-11-9-18(36)10-12-19)26-27-21-15-22(30(27)46-32-31(26)47-35(43)38-32)29-28(21)33(41)39(34(29)42)20-6-4-3-5-7-20/h3-14,21-22,26-30H,2,15-16H2,1H3,(H,37,40)(H,38,43)/t21-,22-,26-,27?,28?,29?,30?/m1/s1. The SMILES string of the molecule is CCOc1cc([C@H]2c3sc(=O)[nH]c3SC3C2[C@H]2C[C@@H]3C3C(=O)N(c4ccccc4)C(=O)C32)ccc1OCC(=O)Nc1ccc(F)cc1. The number of imide groups is 1. The Labute approximate surface area is 277 Å². The van der Waals surface area contributed by atoms with Gasteiger partial charge in [0, 0.05) is 21.7 Å². The highest BCUT2D eigenvalue weighted by Gasteiger charge is 2.69. The molecule has 1 aromatic heterocycles. The maximum absolute atomic E-state index is 14.0. The fraction of sp³-hybridized carbons (Fsp3) is 0.314. The number of para-hydroxylation sites is 1. The Hall–Kier alpha value is -4.42. The third kappa shape index (κ3) is 4.96. The molecule has 12 heteroatoms. The summed E-state index contributed by atoms with van der Waals surface area (Å²) in [7, 11) is 0. The van der Waals surface area contributed by atoms with Crippen LogP contribution in [-0.4, -0.2) is 41.2 Å².